The summed E-state index contributed by atoms with van der Waals surface area (Å²) < 4.78 is 13.3. The van der Waals surface area contributed by atoms with Crippen LogP contribution in [0.5, 0.6) is 0 Å². The molecular weight excluding hydrogens is 325 g/mol. The monoisotopic (exact) mass is 349 g/mol. The molecular formula is C18H24FN3O3. The fraction of sp³-hybridized carbons (Fsp3) is 0.556. The molecule has 0 radical (unpaired) electrons. The summed E-state index contributed by atoms with van der Waals surface area (Å²) in [5.74, 6) is -0.240. The highest BCUT2D eigenvalue weighted by Gasteiger charge is 2.42. The lowest BCUT2D eigenvalue weighted by Gasteiger charge is -2.33. The zero-order chi connectivity index (χ0) is 18.0. The van der Waals surface area contributed by atoms with E-state index in [-0.39, 0.29) is 30.0 Å². The van der Waals surface area contributed by atoms with E-state index >= 15 is 0 Å². The summed E-state index contributed by atoms with van der Waals surface area (Å²) in [5, 5.41) is 14.6. The summed E-state index contributed by atoms with van der Waals surface area (Å²) in [5.41, 5.74) is 0.0648. The van der Waals surface area contributed by atoms with Crippen LogP contribution >= 0.6 is 0 Å². The Morgan fingerprint density at radius 2 is 2.12 bits per heavy atom. The number of likely N-dealkylation sites (tertiary alicyclic amines) is 1. The second-order valence-electron chi connectivity index (χ2n) is 7.06. The summed E-state index contributed by atoms with van der Waals surface area (Å²) in [6.07, 6.45) is 1.13. The molecule has 2 aliphatic heterocycles. The minimum atomic E-state index is -1.06. The number of aliphatic hydroxyl groups excluding tert-OH is 1. The van der Waals surface area contributed by atoms with Gasteiger partial charge in [-0.25, -0.2) is 4.39 Å². The number of carbonyl (C=O) groups excluding carboxylic acids is 2. The van der Waals surface area contributed by atoms with E-state index in [1.54, 1.807) is 19.1 Å². The van der Waals surface area contributed by atoms with Gasteiger partial charge in [-0.1, -0.05) is 12.1 Å². The fourth-order valence-electron chi connectivity index (χ4n) is 3.61. The van der Waals surface area contributed by atoms with Crippen molar-refractivity contribution in [1.29, 1.82) is 0 Å². The second-order valence-corrected chi connectivity index (χ2v) is 7.06. The number of benzene rings is 1. The van der Waals surface area contributed by atoms with E-state index < -0.39 is 11.9 Å². The van der Waals surface area contributed by atoms with Gasteiger partial charge in [-0.3, -0.25) is 14.9 Å². The van der Waals surface area contributed by atoms with Crippen LogP contribution in [0.15, 0.2) is 24.3 Å². The Morgan fingerprint density at radius 3 is 2.72 bits per heavy atom. The molecule has 7 heteroatoms. The van der Waals surface area contributed by atoms with Crippen LogP contribution in [0.3, 0.4) is 0 Å². The third-order valence-electron chi connectivity index (χ3n) is 5.23. The number of aliphatic hydroxyl groups is 1. The molecule has 6 nitrogen and oxygen atoms in total. The molecule has 0 spiro atoms. The number of halogens is 1. The van der Waals surface area contributed by atoms with Crippen molar-refractivity contribution >= 4 is 11.8 Å². The van der Waals surface area contributed by atoms with Gasteiger partial charge >= 0.3 is 0 Å². The van der Waals surface area contributed by atoms with Crippen molar-refractivity contribution in [2.75, 3.05) is 13.1 Å². The van der Waals surface area contributed by atoms with Gasteiger partial charge in [0.2, 0.25) is 11.8 Å². The molecule has 25 heavy (non-hydrogen) atoms. The highest BCUT2D eigenvalue weighted by molar-refractivity contribution is 5.88. The van der Waals surface area contributed by atoms with Crippen molar-refractivity contribution in [2.45, 2.75) is 50.4 Å². The number of nitrogens with one attached hydrogen (secondary N) is 2. The van der Waals surface area contributed by atoms with E-state index in [1.165, 1.54) is 6.07 Å². The van der Waals surface area contributed by atoms with Gasteiger partial charge in [-0.05, 0) is 49.8 Å². The van der Waals surface area contributed by atoms with Crippen LogP contribution < -0.4 is 10.6 Å². The standard InChI is InChI=1S/C18H24FN3O3/c1-18(16(24)20-17(25)21-18)8-5-15(23)22-9-6-12(7-10-22)13-3-2-4-14(19)11-13/h2-4,11-12,17,21,25H,5-10H2,1H3,(H,20,24). The number of piperidine rings is 1. The van der Waals surface area contributed by atoms with Crippen LogP contribution in [-0.4, -0.2) is 46.8 Å². The van der Waals surface area contributed by atoms with Crippen molar-refractivity contribution in [3.05, 3.63) is 35.6 Å². The number of carbonyl (C=O) groups is 2. The molecule has 3 N–H and O–H groups in total. The average Bonchev–Trinajstić information content (AvgIpc) is 2.85. The van der Waals surface area contributed by atoms with Crippen molar-refractivity contribution in [2.24, 2.45) is 0 Å². The maximum absolute atomic E-state index is 13.3. The summed E-state index contributed by atoms with van der Waals surface area (Å²) in [4.78, 5) is 26.1. The second kappa shape index (κ2) is 7.09. The third kappa shape index (κ3) is 3.99. The number of hydrogen-bond acceptors (Lipinski definition) is 4. The van der Waals surface area contributed by atoms with Crippen LogP contribution in [0.4, 0.5) is 4.39 Å². The van der Waals surface area contributed by atoms with Crippen molar-refractivity contribution in [1.82, 2.24) is 15.5 Å². The number of nitrogens with zero attached hydrogens (tertiary/aromatic N) is 1. The Morgan fingerprint density at radius 1 is 1.40 bits per heavy atom. The molecule has 2 atom stereocenters. The van der Waals surface area contributed by atoms with E-state index in [0.717, 1.165) is 18.4 Å². The third-order valence-corrected chi connectivity index (χ3v) is 5.23. The number of hydrogen-bond donors (Lipinski definition) is 3. The Balaban J connectivity index is 1.49. The molecule has 2 fully saturated rings. The highest BCUT2D eigenvalue weighted by Crippen LogP contribution is 2.29. The minimum Gasteiger partial charge on any atom is -0.361 e. The summed E-state index contributed by atoms with van der Waals surface area (Å²) in [6, 6.07) is 6.66. The van der Waals surface area contributed by atoms with Gasteiger partial charge in [-0.15, -0.1) is 0 Å². The Labute approximate surface area is 146 Å². The SMILES string of the molecule is CC1(CCC(=O)N2CCC(c3cccc(F)c3)CC2)NC(O)NC1=O. The van der Waals surface area contributed by atoms with Gasteiger partial charge in [0.05, 0.1) is 5.54 Å². The molecule has 2 amide bonds. The van der Waals surface area contributed by atoms with E-state index in [4.69, 9.17) is 0 Å². The zero-order valence-corrected chi connectivity index (χ0v) is 14.3. The molecule has 0 aromatic heterocycles. The first-order valence-corrected chi connectivity index (χ1v) is 8.67. The van der Waals surface area contributed by atoms with Gasteiger partial charge < -0.3 is 15.3 Å². The summed E-state index contributed by atoms with van der Waals surface area (Å²) in [7, 11) is 0. The van der Waals surface area contributed by atoms with Crippen LogP contribution in [0.2, 0.25) is 0 Å². The van der Waals surface area contributed by atoms with Gasteiger partial charge in [0.15, 0.2) is 6.35 Å². The maximum Gasteiger partial charge on any atom is 0.243 e. The van der Waals surface area contributed by atoms with E-state index in [2.05, 4.69) is 10.6 Å². The molecule has 1 aromatic carbocycles. The van der Waals surface area contributed by atoms with Crippen LogP contribution in [0.1, 0.15) is 44.1 Å². The quantitative estimate of drug-likeness (QED) is 0.759. The van der Waals surface area contributed by atoms with Crippen LogP contribution in [-0.2, 0) is 9.59 Å². The van der Waals surface area contributed by atoms with Crippen LogP contribution in [0.25, 0.3) is 0 Å². The van der Waals surface area contributed by atoms with E-state index in [1.807, 2.05) is 11.0 Å². The molecule has 3 rings (SSSR count). The van der Waals surface area contributed by atoms with Gasteiger partial charge in [0.1, 0.15) is 5.82 Å². The molecule has 2 heterocycles. The topological polar surface area (TPSA) is 81.7 Å². The van der Waals surface area contributed by atoms with E-state index in [0.29, 0.717) is 19.5 Å². The van der Waals surface area contributed by atoms with Crippen LogP contribution in [0, 0.1) is 5.82 Å². The van der Waals surface area contributed by atoms with Gasteiger partial charge in [0, 0.05) is 19.5 Å². The Hall–Kier alpha value is -1.99. The van der Waals surface area contributed by atoms with Crippen molar-refractivity contribution < 1.29 is 19.1 Å². The largest absolute Gasteiger partial charge is 0.361 e. The summed E-state index contributed by atoms with van der Waals surface area (Å²) >= 11 is 0. The molecule has 0 bridgehead atoms. The lowest BCUT2D eigenvalue weighted by molar-refractivity contribution is -0.133. The predicted octanol–water partition coefficient (Wildman–Crippen LogP) is 1.07. The molecule has 2 saturated heterocycles. The van der Waals surface area contributed by atoms with Gasteiger partial charge in [0.25, 0.3) is 0 Å². The number of rotatable bonds is 4. The minimum absolute atomic E-state index is 0.00917. The fourth-order valence-corrected chi connectivity index (χ4v) is 3.61. The number of amides is 2. The molecule has 136 valence electrons. The van der Waals surface area contributed by atoms with Crippen molar-refractivity contribution in [3.8, 4) is 0 Å². The van der Waals surface area contributed by atoms with E-state index in [9.17, 15) is 19.1 Å². The van der Waals surface area contributed by atoms with Gasteiger partial charge in [-0.2, -0.15) is 0 Å². The predicted molar refractivity (Wildman–Crippen MR) is 89.9 cm³/mol. The highest BCUT2D eigenvalue weighted by atomic mass is 19.1. The lowest BCUT2D eigenvalue weighted by Crippen LogP contribution is -2.46. The Bertz CT molecular complexity index is 661. The molecule has 2 aliphatic rings. The van der Waals surface area contributed by atoms with Crippen molar-refractivity contribution in [3.63, 3.8) is 0 Å². The lowest BCUT2D eigenvalue weighted by atomic mass is 9.89. The zero-order valence-electron chi connectivity index (χ0n) is 14.3. The molecule has 1 aromatic rings. The maximum atomic E-state index is 13.3. The molecule has 2 unspecified atom stereocenters. The first kappa shape index (κ1) is 17.8. The summed E-state index contributed by atoms with van der Waals surface area (Å²) in [6.45, 7) is 2.96. The first-order chi connectivity index (χ1) is 11.9. The average molecular weight is 349 g/mol. The Kier molecular flexibility index (Phi) is 5.06. The normalized spacial score (nSPS) is 27.4. The first-order valence-electron chi connectivity index (χ1n) is 8.67. The smallest absolute Gasteiger partial charge is 0.243 e. The molecule has 0 aliphatic carbocycles. The molecule has 0 saturated carbocycles.